The average molecular weight is 310 g/mol. The van der Waals surface area contributed by atoms with Crippen molar-refractivity contribution in [2.24, 2.45) is 0 Å². The zero-order chi connectivity index (χ0) is 15.4. The summed E-state index contributed by atoms with van der Waals surface area (Å²) in [5, 5.41) is 0. The smallest absolute Gasteiger partial charge is 0.151 e. The van der Waals surface area contributed by atoms with E-state index in [4.69, 9.17) is 10.5 Å². The summed E-state index contributed by atoms with van der Waals surface area (Å²) < 4.78 is 18.6. The Bertz CT molecular complexity index is 613. The number of nitrogen functional groups attached to an aromatic ring is 1. The molecule has 0 fully saturated rings. The monoisotopic (exact) mass is 310 g/mol. The van der Waals surface area contributed by atoms with Gasteiger partial charge in [-0.25, -0.2) is 9.97 Å². The Morgan fingerprint density at radius 1 is 1.48 bits per heavy atom. The first-order chi connectivity index (χ1) is 10.0. The van der Waals surface area contributed by atoms with Crippen LogP contribution in [0, 0.1) is 6.92 Å². The van der Waals surface area contributed by atoms with Crippen LogP contribution in [-0.4, -0.2) is 44.8 Å². The standard InChI is InChI=1S/C14H22N4O2S/c1-10-9-16-14(15)12-13(10)18(6-4-8-21(3)19)11(17-12)5-7-20-2/h9H,4-8H2,1-3H3,(H2,15,16). The highest BCUT2D eigenvalue weighted by Crippen LogP contribution is 2.24. The largest absolute Gasteiger partial charge is 0.617 e. The van der Waals surface area contributed by atoms with E-state index in [1.165, 1.54) is 0 Å². The highest BCUT2D eigenvalue weighted by Gasteiger charge is 2.15. The quantitative estimate of drug-likeness (QED) is 0.778. The molecule has 2 N–H and O–H groups in total. The van der Waals surface area contributed by atoms with Gasteiger partial charge in [-0.1, -0.05) is 11.2 Å². The van der Waals surface area contributed by atoms with E-state index in [0.717, 1.165) is 41.8 Å². The summed E-state index contributed by atoms with van der Waals surface area (Å²) in [5.41, 5.74) is 8.77. The molecule has 2 aromatic rings. The van der Waals surface area contributed by atoms with Crippen LogP contribution in [0.3, 0.4) is 0 Å². The molecule has 2 heterocycles. The maximum atomic E-state index is 11.3. The summed E-state index contributed by atoms with van der Waals surface area (Å²) in [5.74, 6) is 2.08. The predicted molar refractivity (Wildman–Crippen MR) is 85.8 cm³/mol. The lowest BCUT2D eigenvalue weighted by Crippen LogP contribution is -2.11. The minimum absolute atomic E-state index is 0.451. The van der Waals surface area contributed by atoms with Gasteiger partial charge in [0.1, 0.15) is 17.1 Å². The second-order valence-electron chi connectivity index (χ2n) is 5.08. The van der Waals surface area contributed by atoms with Gasteiger partial charge in [0.25, 0.3) is 0 Å². The Labute approximate surface area is 127 Å². The molecule has 0 amide bonds. The fourth-order valence-corrected chi connectivity index (χ4v) is 2.95. The van der Waals surface area contributed by atoms with Gasteiger partial charge in [0.05, 0.1) is 18.4 Å². The van der Waals surface area contributed by atoms with Gasteiger partial charge in [-0.05, 0) is 12.5 Å². The normalized spacial score (nSPS) is 13.0. The van der Waals surface area contributed by atoms with E-state index < -0.39 is 11.2 Å². The number of hydrogen-bond acceptors (Lipinski definition) is 5. The molecule has 0 aliphatic heterocycles. The van der Waals surface area contributed by atoms with Gasteiger partial charge >= 0.3 is 0 Å². The highest BCUT2D eigenvalue weighted by atomic mass is 32.2. The topological polar surface area (TPSA) is 89.0 Å². The number of ether oxygens (including phenoxy) is 1. The number of fused-ring (bicyclic) bond motifs is 1. The Balaban J connectivity index is 2.39. The SMILES string of the molecule is COCCc1nc2c(N)ncc(C)c2n1CCC[S+](C)[O-]. The predicted octanol–water partition coefficient (Wildman–Crippen LogP) is 1.28. The third kappa shape index (κ3) is 3.66. The van der Waals surface area contributed by atoms with Gasteiger partial charge in [0.2, 0.25) is 0 Å². The van der Waals surface area contributed by atoms with Crippen molar-refractivity contribution in [3.05, 3.63) is 17.6 Å². The minimum atomic E-state index is -0.778. The molecule has 0 saturated carbocycles. The van der Waals surface area contributed by atoms with Crippen molar-refractivity contribution in [2.75, 3.05) is 31.5 Å². The van der Waals surface area contributed by atoms with Crippen LogP contribution in [-0.2, 0) is 28.9 Å². The molecule has 116 valence electrons. The van der Waals surface area contributed by atoms with E-state index in [0.29, 0.717) is 18.2 Å². The van der Waals surface area contributed by atoms with Gasteiger partial charge in [-0.15, -0.1) is 0 Å². The molecule has 7 heteroatoms. The maximum absolute atomic E-state index is 11.3. The Hall–Kier alpha value is -1.31. The fourth-order valence-electron chi connectivity index (χ4n) is 2.42. The third-order valence-electron chi connectivity index (χ3n) is 3.40. The summed E-state index contributed by atoms with van der Waals surface area (Å²) in [4.78, 5) is 8.80. The molecular formula is C14H22N4O2S. The summed E-state index contributed by atoms with van der Waals surface area (Å²) in [6.07, 6.45) is 5.06. The molecule has 0 aliphatic carbocycles. The van der Waals surface area contributed by atoms with Crippen LogP contribution in [0.2, 0.25) is 0 Å². The highest BCUT2D eigenvalue weighted by molar-refractivity contribution is 7.90. The summed E-state index contributed by atoms with van der Waals surface area (Å²) in [6.45, 7) is 3.39. The van der Waals surface area contributed by atoms with E-state index in [1.807, 2.05) is 6.92 Å². The number of nitrogens with zero attached hydrogens (tertiary/aromatic N) is 3. The molecule has 0 spiro atoms. The molecule has 0 aliphatic rings. The van der Waals surface area contributed by atoms with Gasteiger partial charge < -0.3 is 19.6 Å². The van der Waals surface area contributed by atoms with Gasteiger partial charge in [-0.3, -0.25) is 0 Å². The van der Waals surface area contributed by atoms with Crippen LogP contribution >= 0.6 is 0 Å². The minimum Gasteiger partial charge on any atom is -0.617 e. The number of rotatable bonds is 7. The summed E-state index contributed by atoms with van der Waals surface area (Å²) >= 11 is -0.778. The average Bonchev–Trinajstić information content (AvgIpc) is 2.80. The van der Waals surface area contributed by atoms with Crippen LogP contribution in [0.15, 0.2) is 6.20 Å². The van der Waals surface area contributed by atoms with E-state index >= 15 is 0 Å². The van der Waals surface area contributed by atoms with Crippen LogP contribution in [0.25, 0.3) is 11.0 Å². The lowest BCUT2D eigenvalue weighted by atomic mass is 10.2. The molecule has 2 rings (SSSR count). The molecular weight excluding hydrogens is 288 g/mol. The van der Waals surface area contributed by atoms with Crippen molar-refractivity contribution < 1.29 is 9.29 Å². The number of hydrogen-bond donors (Lipinski definition) is 1. The van der Waals surface area contributed by atoms with Crippen LogP contribution in [0.1, 0.15) is 17.8 Å². The molecule has 0 saturated heterocycles. The Morgan fingerprint density at radius 2 is 2.24 bits per heavy atom. The first-order valence-electron chi connectivity index (χ1n) is 6.93. The molecule has 1 atom stereocenters. The number of anilines is 1. The molecule has 0 bridgehead atoms. The number of nitrogens with two attached hydrogens (primary N) is 1. The molecule has 6 nitrogen and oxygen atoms in total. The lowest BCUT2D eigenvalue weighted by molar-refractivity contribution is 0.199. The van der Waals surface area contributed by atoms with Crippen molar-refractivity contribution in [1.82, 2.24) is 14.5 Å². The first kappa shape index (κ1) is 16.1. The molecule has 1 unspecified atom stereocenters. The second-order valence-corrected chi connectivity index (χ2v) is 6.63. The Kier molecular flexibility index (Phi) is 5.44. The van der Waals surface area contributed by atoms with Crippen molar-refractivity contribution in [3.8, 4) is 0 Å². The Morgan fingerprint density at radius 3 is 2.90 bits per heavy atom. The summed E-state index contributed by atoms with van der Waals surface area (Å²) in [7, 11) is 1.67. The number of methoxy groups -OCH3 is 1. The molecule has 0 radical (unpaired) electrons. The van der Waals surface area contributed by atoms with Crippen LogP contribution in [0.4, 0.5) is 5.82 Å². The third-order valence-corrected chi connectivity index (χ3v) is 4.27. The molecule has 0 aromatic carbocycles. The zero-order valence-electron chi connectivity index (χ0n) is 12.8. The number of aryl methyl sites for hydroxylation is 2. The fraction of sp³-hybridized carbons (Fsp3) is 0.571. The van der Waals surface area contributed by atoms with Crippen LogP contribution < -0.4 is 5.73 Å². The van der Waals surface area contributed by atoms with Crippen LogP contribution in [0.5, 0.6) is 0 Å². The van der Waals surface area contributed by atoms with Gasteiger partial charge in [0.15, 0.2) is 5.82 Å². The van der Waals surface area contributed by atoms with Crippen molar-refractivity contribution in [2.45, 2.75) is 26.3 Å². The van der Waals surface area contributed by atoms with E-state index in [2.05, 4.69) is 14.5 Å². The van der Waals surface area contributed by atoms with Crippen molar-refractivity contribution >= 4 is 28.0 Å². The van der Waals surface area contributed by atoms with Crippen molar-refractivity contribution in [3.63, 3.8) is 0 Å². The first-order valence-corrected chi connectivity index (χ1v) is 8.66. The molecule has 21 heavy (non-hydrogen) atoms. The number of imidazole rings is 1. The second kappa shape index (κ2) is 7.11. The maximum Gasteiger partial charge on any atom is 0.151 e. The van der Waals surface area contributed by atoms with Crippen molar-refractivity contribution in [1.29, 1.82) is 0 Å². The van der Waals surface area contributed by atoms with E-state index in [-0.39, 0.29) is 0 Å². The summed E-state index contributed by atoms with van der Waals surface area (Å²) in [6, 6.07) is 0. The van der Waals surface area contributed by atoms with E-state index in [9.17, 15) is 4.55 Å². The number of pyridine rings is 1. The zero-order valence-corrected chi connectivity index (χ0v) is 13.6. The van der Waals surface area contributed by atoms with Gasteiger partial charge in [-0.2, -0.15) is 0 Å². The van der Waals surface area contributed by atoms with E-state index in [1.54, 1.807) is 19.6 Å². The van der Waals surface area contributed by atoms with Gasteiger partial charge in [0, 0.05) is 32.7 Å². The number of aromatic nitrogens is 3. The molecule has 2 aromatic heterocycles. The lowest BCUT2D eigenvalue weighted by Gasteiger charge is -2.11.